The highest BCUT2D eigenvalue weighted by molar-refractivity contribution is 7.47. The molecule has 0 aromatic heterocycles. The van der Waals surface area contributed by atoms with E-state index in [1.54, 1.807) is 0 Å². The van der Waals surface area contributed by atoms with Gasteiger partial charge in [0.05, 0.1) is 27.7 Å². The van der Waals surface area contributed by atoms with Gasteiger partial charge in [-0.25, -0.2) is 4.57 Å². The summed E-state index contributed by atoms with van der Waals surface area (Å²) in [5.74, 6) is -0.805. The molecule has 0 saturated heterocycles. The quantitative estimate of drug-likeness (QED) is 0.0211. The zero-order valence-corrected chi connectivity index (χ0v) is 51.4. The van der Waals surface area contributed by atoms with Gasteiger partial charge in [0, 0.05) is 12.8 Å². The summed E-state index contributed by atoms with van der Waals surface area (Å²) in [6.45, 7) is 4.36. The van der Waals surface area contributed by atoms with Gasteiger partial charge in [-0.05, 0) is 77.0 Å². The van der Waals surface area contributed by atoms with Crippen LogP contribution in [0.4, 0.5) is 0 Å². The fourth-order valence-electron chi connectivity index (χ4n) is 9.06. The summed E-state index contributed by atoms with van der Waals surface area (Å²) in [4.78, 5) is 35.6. The van der Waals surface area contributed by atoms with Crippen molar-refractivity contribution < 1.29 is 42.1 Å². The smallest absolute Gasteiger partial charge is 0.462 e. The fraction of sp³-hybridized carbons (Fsp3) is 0.818. The Balaban J connectivity index is 3.89. The minimum atomic E-state index is -4.39. The molecule has 0 bridgehead atoms. The van der Waals surface area contributed by atoms with Gasteiger partial charge in [-0.1, -0.05) is 267 Å². The maximum atomic E-state index is 12.8. The molecule has 0 rings (SSSR count). The van der Waals surface area contributed by atoms with Crippen LogP contribution >= 0.6 is 7.82 Å². The van der Waals surface area contributed by atoms with Crippen molar-refractivity contribution in [2.75, 3.05) is 47.5 Å². The summed E-state index contributed by atoms with van der Waals surface area (Å²) in [7, 11) is 1.48. The minimum Gasteiger partial charge on any atom is -0.462 e. The van der Waals surface area contributed by atoms with E-state index in [1.165, 1.54) is 186 Å². The molecule has 10 heteroatoms. The molecule has 0 aliphatic heterocycles. The van der Waals surface area contributed by atoms with E-state index < -0.39 is 26.5 Å². The molecule has 9 nitrogen and oxygen atoms in total. The molecule has 0 spiro atoms. The SMILES string of the molecule is CCC/C=C\C/C=C\CCCCCCCC(=O)OCC(COP(=O)(O)OCC[N+](C)(C)C)OC(=O)CCCCCCCCCCCCCCCCCCCCCCCCCC/C=C\C/C=C\C/C=C\CCCCCCC. The number of ether oxygens (including phenoxy) is 2. The molecule has 2 unspecified atom stereocenters. The average Bonchev–Trinajstić information content (AvgIpc) is 3.38. The lowest BCUT2D eigenvalue weighted by Crippen LogP contribution is -2.37. The molecule has 1 N–H and O–H groups in total. The van der Waals surface area contributed by atoms with E-state index in [4.69, 9.17) is 18.5 Å². The van der Waals surface area contributed by atoms with Gasteiger partial charge in [0.1, 0.15) is 19.8 Å². The standard InChI is InChI=1S/C66H122NO8P/c1-6-8-10-12-14-16-18-20-21-22-23-24-25-26-27-28-29-30-31-32-33-34-35-36-37-38-39-40-41-42-43-44-45-47-49-51-53-55-57-59-66(69)75-64(63-74-76(70,71)73-61-60-67(3,4)5)62-72-65(68)58-56-54-52-50-48-46-19-17-15-13-11-9-7-2/h11,13,17-20,22-23,25-26,64H,6-10,12,14-16,21,24,27-63H2,1-5H3/p+1/b13-11-,19-17-,20-18-,23-22-,26-25-. The zero-order chi connectivity index (χ0) is 55.6. The minimum absolute atomic E-state index is 0.0296. The van der Waals surface area contributed by atoms with Crippen molar-refractivity contribution in [2.24, 2.45) is 0 Å². The second-order valence-electron chi connectivity index (χ2n) is 22.8. The normalized spacial score (nSPS) is 13.6. The van der Waals surface area contributed by atoms with E-state index in [9.17, 15) is 19.0 Å². The molecule has 76 heavy (non-hydrogen) atoms. The van der Waals surface area contributed by atoms with Gasteiger partial charge in [-0.15, -0.1) is 0 Å². The van der Waals surface area contributed by atoms with Gasteiger partial charge in [0.15, 0.2) is 6.10 Å². The van der Waals surface area contributed by atoms with Crippen LogP contribution in [0.2, 0.25) is 0 Å². The first-order valence-corrected chi connectivity index (χ1v) is 33.5. The van der Waals surface area contributed by atoms with Crippen molar-refractivity contribution in [1.82, 2.24) is 0 Å². The summed E-state index contributed by atoms with van der Waals surface area (Å²) in [5, 5.41) is 0. The van der Waals surface area contributed by atoms with E-state index in [0.717, 1.165) is 77.0 Å². The van der Waals surface area contributed by atoms with Crippen LogP contribution in [0.15, 0.2) is 60.8 Å². The molecule has 0 heterocycles. The Bertz CT molecular complexity index is 1470. The summed E-state index contributed by atoms with van der Waals surface area (Å²) >= 11 is 0. The van der Waals surface area contributed by atoms with E-state index in [2.05, 4.69) is 74.6 Å². The number of esters is 2. The summed E-state index contributed by atoms with van der Waals surface area (Å²) < 4.78 is 34.5. The van der Waals surface area contributed by atoms with E-state index in [1.807, 2.05) is 21.1 Å². The van der Waals surface area contributed by atoms with E-state index in [0.29, 0.717) is 17.4 Å². The molecule has 0 amide bonds. The summed E-state index contributed by atoms with van der Waals surface area (Å²) in [6, 6.07) is 0. The monoisotopic (exact) mass is 1090 g/mol. The van der Waals surface area contributed by atoms with E-state index in [-0.39, 0.29) is 32.0 Å². The first kappa shape index (κ1) is 73.7. The maximum absolute atomic E-state index is 12.8. The molecule has 0 aromatic rings. The van der Waals surface area contributed by atoms with Crippen LogP contribution in [-0.2, 0) is 32.7 Å². The van der Waals surface area contributed by atoms with Gasteiger partial charge in [-0.2, -0.15) is 0 Å². The largest absolute Gasteiger partial charge is 0.472 e. The summed E-state index contributed by atoms with van der Waals surface area (Å²) in [6.07, 6.45) is 74.8. The zero-order valence-electron chi connectivity index (χ0n) is 50.5. The number of quaternary nitrogens is 1. The van der Waals surface area contributed by atoms with E-state index >= 15 is 0 Å². The van der Waals surface area contributed by atoms with Crippen LogP contribution in [0, 0.1) is 0 Å². The van der Waals surface area contributed by atoms with Gasteiger partial charge >= 0.3 is 19.8 Å². The number of allylic oxidation sites excluding steroid dienone is 10. The molecular formula is C66H123NO8P+. The number of unbranched alkanes of at least 4 members (excludes halogenated alkanes) is 35. The Morgan fingerprint density at radius 3 is 1.11 bits per heavy atom. The number of rotatable bonds is 59. The Morgan fingerprint density at radius 2 is 0.737 bits per heavy atom. The Kier molecular flexibility index (Phi) is 55.7. The highest BCUT2D eigenvalue weighted by atomic mass is 31.2. The third-order valence-electron chi connectivity index (χ3n) is 14.0. The highest BCUT2D eigenvalue weighted by Gasteiger charge is 2.27. The number of likely N-dealkylation sites (N-methyl/N-ethyl adjacent to an activating group) is 1. The van der Waals surface area contributed by atoms with Gasteiger partial charge in [0.2, 0.25) is 0 Å². The molecule has 2 atom stereocenters. The van der Waals surface area contributed by atoms with Gasteiger partial charge in [-0.3, -0.25) is 18.6 Å². The lowest BCUT2D eigenvalue weighted by atomic mass is 10.0. The number of nitrogens with zero attached hydrogens (tertiary/aromatic N) is 1. The highest BCUT2D eigenvalue weighted by Crippen LogP contribution is 2.43. The molecule has 0 aromatic carbocycles. The fourth-order valence-corrected chi connectivity index (χ4v) is 9.80. The van der Waals surface area contributed by atoms with Crippen LogP contribution < -0.4 is 0 Å². The Morgan fingerprint density at radius 1 is 0.408 bits per heavy atom. The van der Waals surface area contributed by atoms with Crippen LogP contribution in [0.25, 0.3) is 0 Å². The molecule has 0 radical (unpaired) electrons. The molecule has 444 valence electrons. The third-order valence-corrected chi connectivity index (χ3v) is 15.0. The predicted octanol–water partition coefficient (Wildman–Crippen LogP) is 20.3. The number of carbonyl (C=O) groups is 2. The topological polar surface area (TPSA) is 108 Å². The number of carbonyl (C=O) groups excluding carboxylic acids is 2. The molecule has 0 saturated carbocycles. The Labute approximate surface area is 470 Å². The van der Waals surface area contributed by atoms with Crippen molar-refractivity contribution in [1.29, 1.82) is 0 Å². The molecular weight excluding hydrogens is 966 g/mol. The second kappa shape index (κ2) is 57.4. The number of phosphoric ester groups is 1. The second-order valence-corrected chi connectivity index (χ2v) is 24.2. The van der Waals surface area contributed by atoms with Gasteiger partial charge in [0.25, 0.3) is 0 Å². The maximum Gasteiger partial charge on any atom is 0.472 e. The third kappa shape index (κ3) is 60.9. The van der Waals surface area contributed by atoms with Crippen molar-refractivity contribution in [3.05, 3.63) is 60.8 Å². The van der Waals surface area contributed by atoms with Crippen molar-refractivity contribution in [3.63, 3.8) is 0 Å². The lowest BCUT2D eigenvalue weighted by molar-refractivity contribution is -0.870. The first-order valence-electron chi connectivity index (χ1n) is 32.0. The lowest BCUT2D eigenvalue weighted by Gasteiger charge is -2.24. The molecule has 0 fully saturated rings. The van der Waals surface area contributed by atoms with Crippen molar-refractivity contribution >= 4 is 19.8 Å². The average molecular weight is 1090 g/mol. The Hall–Kier alpha value is -2.29. The van der Waals surface area contributed by atoms with Gasteiger partial charge < -0.3 is 18.9 Å². The predicted molar refractivity (Wildman–Crippen MR) is 326 cm³/mol. The number of phosphoric acid groups is 1. The number of hydrogen-bond donors (Lipinski definition) is 1. The van der Waals surface area contributed by atoms with Crippen LogP contribution in [0.3, 0.4) is 0 Å². The molecule has 0 aliphatic rings. The number of hydrogen-bond acceptors (Lipinski definition) is 7. The van der Waals surface area contributed by atoms with Crippen LogP contribution in [0.5, 0.6) is 0 Å². The van der Waals surface area contributed by atoms with Crippen molar-refractivity contribution in [2.45, 2.75) is 302 Å². The first-order chi connectivity index (χ1) is 37.0. The summed E-state index contributed by atoms with van der Waals surface area (Å²) in [5.41, 5.74) is 0. The molecule has 0 aliphatic carbocycles. The van der Waals surface area contributed by atoms with Crippen molar-refractivity contribution in [3.8, 4) is 0 Å². The van der Waals surface area contributed by atoms with Crippen LogP contribution in [-0.4, -0.2) is 74.9 Å². The van der Waals surface area contributed by atoms with Crippen LogP contribution in [0.1, 0.15) is 296 Å².